The van der Waals surface area contributed by atoms with Crippen LogP contribution in [0.3, 0.4) is 0 Å². The summed E-state index contributed by atoms with van der Waals surface area (Å²) in [4.78, 5) is 22.5. The summed E-state index contributed by atoms with van der Waals surface area (Å²) in [6, 6.07) is 4.61. The summed E-state index contributed by atoms with van der Waals surface area (Å²) in [5.74, 6) is 1.56. The van der Waals surface area contributed by atoms with Crippen LogP contribution in [0.4, 0.5) is 5.95 Å². The number of fused-ring (bicyclic) bond motifs is 2. The molecule has 160 valence electrons. The second kappa shape index (κ2) is 7.59. The molecule has 2 aromatic rings. The van der Waals surface area contributed by atoms with Gasteiger partial charge < -0.3 is 14.4 Å². The normalized spacial score (nSPS) is 19.4. The number of rotatable bonds is 3. The first-order valence-electron chi connectivity index (χ1n) is 10.3. The molecular weight excluding hydrogens is 408 g/mol. The lowest BCUT2D eigenvalue weighted by atomic mass is 10.1. The first-order chi connectivity index (χ1) is 14.5. The smallest absolute Gasteiger partial charge is 0.257 e. The molecule has 3 aliphatic heterocycles. The van der Waals surface area contributed by atoms with Crippen LogP contribution in [0.1, 0.15) is 30.5 Å². The molecule has 1 aromatic carbocycles. The highest BCUT2D eigenvalue weighted by atomic mass is 32.2. The number of aromatic amines is 1. The highest BCUT2D eigenvalue weighted by molar-refractivity contribution is 7.89. The highest BCUT2D eigenvalue weighted by Crippen LogP contribution is 2.34. The van der Waals surface area contributed by atoms with E-state index in [1.165, 1.54) is 22.9 Å². The van der Waals surface area contributed by atoms with Gasteiger partial charge in [0.15, 0.2) is 11.5 Å². The van der Waals surface area contributed by atoms with Crippen LogP contribution in [-0.2, 0) is 23.0 Å². The minimum atomic E-state index is -3.78. The van der Waals surface area contributed by atoms with Gasteiger partial charge in [0.1, 0.15) is 13.2 Å². The number of H-pyrrole nitrogens is 1. The second-order valence-electron chi connectivity index (χ2n) is 7.76. The Morgan fingerprint density at radius 1 is 1.00 bits per heavy atom. The fourth-order valence-corrected chi connectivity index (χ4v) is 5.61. The van der Waals surface area contributed by atoms with Crippen molar-refractivity contribution in [1.82, 2.24) is 14.3 Å². The lowest BCUT2D eigenvalue weighted by molar-refractivity contribution is 0.171. The molecule has 0 bridgehead atoms. The minimum Gasteiger partial charge on any atom is -0.486 e. The third kappa shape index (κ3) is 3.43. The number of sulfonamides is 1. The van der Waals surface area contributed by atoms with Gasteiger partial charge in [0.2, 0.25) is 16.0 Å². The number of ether oxygens (including phenoxy) is 2. The predicted molar refractivity (Wildman–Crippen MR) is 110 cm³/mol. The van der Waals surface area contributed by atoms with Crippen LogP contribution in [0.5, 0.6) is 11.5 Å². The van der Waals surface area contributed by atoms with E-state index < -0.39 is 10.0 Å². The summed E-state index contributed by atoms with van der Waals surface area (Å²) in [5.41, 5.74) is 0.846. The zero-order valence-electron chi connectivity index (χ0n) is 16.6. The number of nitrogens with zero attached hydrogens (tertiary/aromatic N) is 3. The van der Waals surface area contributed by atoms with Gasteiger partial charge in [-0.05, 0) is 31.4 Å². The minimum absolute atomic E-state index is 0.00865. The fraction of sp³-hybridized carbons (Fsp3) is 0.500. The fourth-order valence-electron chi connectivity index (χ4n) is 4.18. The molecule has 0 unspecified atom stereocenters. The summed E-state index contributed by atoms with van der Waals surface area (Å²) in [6.07, 6.45) is 3.77. The Morgan fingerprint density at radius 2 is 1.77 bits per heavy atom. The van der Waals surface area contributed by atoms with E-state index in [9.17, 15) is 13.2 Å². The highest BCUT2D eigenvalue weighted by Gasteiger charge is 2.32. The molecule has 1 saturated heterocycles. The summed E-state index contributed by atoms with van der Waals surface area (Å²) >= 11 is 0. The van der Waals surface area contributed by atoms with Gasteiger partial charge in [0.25, 0.3) is 5.56 Å². The van der Waals surface area contributed by atoms with E-state index in [-0.39, 0.29) is 23.5 Å². The number of benzene rings is 1. The number of aromatic nitrogens is 2. The maximum atomic E-state index is 13.2. The Hall–Kier alpha value is -2.59. The van der Waals surface area contributed by atoms with Crippen molar-refractivity contribution < 1.29 is 17.9 Å². The van der Waals surface area contributed by atoms with Gasteiger partial charge in [0.05, 0.1) is 16.2 Å². The van der Waals surface area contributed by atoms with Crippen molar-refractivity contribution in [1.29, 1.82) is 0 Å². The molecule has 10 heteroatoms. The molecule has 30 heavy (non-hydrogen) atoms. The molecular formula is C20H24N4O5S. The zero-order valence-corrected chi connectivity index (χ0v) is 17.4. The summed E-state index contributed by atoms with van der Waals surface area (Å²) in [6.45, 7) is 2.87. The third-order valence-electron chi connectivity index (χ3n) is 5.83. The lowest BCUT2D eigenvalue weighted by Gasteiger charge is -2.30. The van der Waals surface area contributed by atoms with Crippen molar-refractivity contribution in [3.8, 4) is 11.5 Å². The topological polar surface area (TPSA) is 105 Å². The van der Waals surface area contributed by atoms with E-state index >= 15 is 0 Å². The molecule has 4 heterocycles. The Balaban J connectivity index is 1.42. The number of hydrogen-bond donors (Lipinski definition) is 1. The van der Waals surface area contributed by atoms with Gasteiger partial charge in [-0.1, -0.05) is 0 Å². The SMILES string of the molecule is O=c1[nH]c(N2CCCCC2)nc2c1CN(S(=O)(=O)c1ccc3c(c1)OCCO3)CC2. The van der Waals surface area contributed by atoms with Crippen molar-refractivity contribution in [2.75, 3.05) is 37.7 Å². The predicted octanol–water partition coefficient (Wildman–Crippen LogP) is 1.28. The molecule has 0 saturated carbocycles. The van der Waals surface area contributed by atoms with Crippen molar-refractivity contribution >= 4 is 16.0 Å². The van der Waals surface area contributed by atoms with Crippen LogP contribution >= 0.6 is 0 Å². The number of anilines is 1. The van der Waals surface area contributed by atoms with Crippen LogP contribution in [0.25, 0.3) is 0 Å². The third-order valence-corrected chi connectivity index (χ3v) is 7.67. The van der Waals surface area contributed by atoms with E-state index in [0.717, 1.165) is 25.9 Å². The molecule has 0 atom stereocenters. The molecule has 0 aliphatic carbocycles. The number of nitrogens with one attached hydrogen (secondary N) is 1. The van der Waals surface area contributed by atoms with Gasteiger partial charge in [-0.2, -0.15) is 4.31 Å². The summed E-state index contributed by atoms with van der Waals surface area (Å²) in [7, 11) is -3.78. The van der Waals surface area contributed by atoms with Gasteiger partial charge in [-0.3, -0.25) is 9.78 Å². The largest absolute Gasteiger partial charge is 0.486 e. The van der Waals surface area contributed by atoms with Gasteiger partial charge in [-0.25, -0.2) is 13.4 Å². The van der Waals surface area contributed by atoms with E-state index in [1.807, 2.05) is 0 Å². The maximum absolute atomic E-state index is 13.2. The Bertz CT molecular complexity index is 1120. The number of piperidine rings is 1. The van der Waals surface area contributed by atoms with Gasteiger partial charge in [-0.15, -0.1) is 0 Å². The lowest BCUT2D eigenvalue weighted by Crippen LogP contribution is -2.41. The van der Waals surface area contributed by atoms with Crippen molar-refractivity contribution in [2.45, 2.75) is 37.1 Å². The first-order valence-corrected chi connectivity index (χ1v) is 11.7. The van der Waals surface area contributed by atoms with Crippen LogP contribution < -0.4 is 19.9 Å². The van der Waals surface area contributed by atoms with Gasteiger partial charge >= 0.3 is 0 Å². The van der Waals surface area contributed by atoms with Crippen molar-refractivity contribution in [3.05, 3.63) is 39.8 Å². The van der Waals surface area contributed by atoms with Crippen LogP contribution in [0.2, 0.25) is 0 Å². The molecule has 5 rings (SSSR count). The van der Waals surface area contributed by atoms with E-state index in [4.69, 9.17) is 9.47 Å². The summed E-state index contributed by atoms with van der Waals surface area (Å²) < 4.78 is 38.7. The van der Waals surface area contributed by atoms with Crippen molar-refractivity contribution in [2.24, 2.45) is 0 Å². The van der Waals surface area contributed by atoms with Crippen molar-refractivity contribution in [3.63, 3.8) is 0 Å². The maximum Gasteiger partial charge on any atom is 0.257 e. The molecule has 0 spiro atoms. The average Bonchev–Trinajstić information content (AvgIpc) is 2.79. The summed E-state index contributed by atoms with van der Waals surface area (Å²) in [5, 5.41) is 0. The Morgan fingerprint density at radius 3 is 2.57 bits per heavy atom. The van der Waals surface area contributed by atoms with E-state index in [0.29, 0.717) is 48.3 Å². The van der Waals surface area contributed by atoms with Crippen LogP contribution in [0.15, 0.2) is 27.9 Å². The monoisotopic (exact) mass is 432 g/mol. The molecule has 3 aliphatic rings. The standard InChI is InChI=1S/C20H24N4O5S/c25-19-15-13-24(9-6-16(15)21-20(22-19)23-7-2-1-3-8-23)30(26,27)14-4-5-17-18(12-14)29-11-10-28-17/h4-5,12H,1-3,6-11,13H2,(H,21,22,25). The van der Waals surface area contributed by atoms with Gasteiger partial charge in [0, 0.05) is 38.7 Å². The first kappa shape index (κ1) is 19.4. The average molecular weight is 433 g/mol. The van der Waals surface area contributed by atoms with Crippen LogP contribution in [0, 0.1) is 0 Å². The molecule has 1 aromatic heterocycles. The van der Waals surface area contributed by atoms with Crippen LogP contribution in [-0.4, -0.2) is 55.5 Å². The Kier molecular flexibility index (Phi) is 4.90. The zero-order chi connectivity index (χ0) is 20.7. The molecule has 0 amide bonds. The molecule has 0 radical (unpaired) electrons. The molecule has 9 nitrogen and oxygen atoms in total. The van der Waals surface area contributed by atoms with E-state index in [2.05, 4.69) is 14.9 Å². The quantitative estimate of drug-likeness (QED) is 0.779. The second-order valence-corrected chi connectivity index (χ2v) is 9.69. The Labute approximate surface area is 174 Å². The molecule has 1 N–H and O–H groups in total. The number of hydrogen-bond acceptors (Lipinski definition) is 7. The molecule has 1 fully saturated rings. The van der Waals surface area contributed by atoms with E-state index in [1.54, 1.807) is 6.07 Å².